The molecule has 0 bridgehead atoms. The SMILES string of the molecule is CCc1cc([C@@H](c2ccc3c(c2)OCO3)N2CCCCC2)c(NC(=O)c2ccco2)s1. The third kappa shape index (κ3) is 4.07. The van der Waals surface area contributed by atoms with Gasteiger partial charge in [0.25, 0.3) is 5.91 Å². The van der Waals surface area contributed by atoms with Crippen molar-refractivity contribution in [2.24, 2.45) is 0 Å². The fraction of sp³-hybridized carbons (Fsp3) is 0.375. The maximum atomic E-state index is 12.8. The molecule has 0 aliphatic carbocycles. The number of ether oxygens (including phenoxy) is 2. The first kappa shape index (κ1) is 20.2. The van der Waals surface area contributed by atoms with Crippen molar-refractivity contribution in [3.63, 3.8) is 0 Å². The molecule has 1 N–H and O–H groups in total. The van der Waals surface area contributed by atoms with Crippen LogP contribution in [0.5, 0.6) is 11.5 Å². The molecular weight excluding hydrogens is 412 g/mol. The highest BCUT2D eigenvalue weighted by Crippen LogP contribution is 2.43. The predicted molar refractivity (Wildman–Crippen MR) is 120 cm³/mol. The fourth-order valence-electron chi connectivity index (χ4n) is 4.35. The van der Waals surface area contributed by atoms with Crippen LogP contribution < -0.4 is 14.8 Å². The van der Waals surface area contributed by atoms with Crippen LogP contribution in [0.15, 0.2) is 47.1 Å². The van der Waals surface area contributed by atoms with E-state index in [1.54, 1.807) is 23.5 Å². The van der Waals surface area contributed by atoms with Gasteiger partial charge < -0.3 is 19.2 Å². The second kappa shape index (κ2) is 8.77. The number of furan rings is 1. The molecule has 2 aliphatic heterocycles. The zero-order chi connectivity index (χ0) is 21.2. The first-order valence-corrected chi connectivity index (χ1v) is 11.7. The van der Waals surface area contributed by atoms with Gasteiger partial charge in [-0.25, -0.2) is 0 Å². The van der Waals surface area contributed by atoms with Crippen LogP contribution in [-0.2, 0) is 6.42 Å². The maximum absolute atomic E-state index is 12.8. The Morgan fingerprint density at radius 3 is 2.74 bits per heavy atom. The number of rotatable bonds is 6. The number of hydrogen-bond acceptors (Lipinski definition) is 6. The summed E-state index contributed by atoms with van der Waals surface area (Å²) in [4.78, 5) is 16.5. The molecule has 4 heterocycles. The molecule has 1 saturated heterocycles. The van der Waals surface area contributed by atoms with Gasteiger partial charge >= 0.3 is 0 Å². The minimum atomic E-state index is -0.223. The molecule has 0 radical (unpaired) electrons. The van der Waals surface area contributed by atoms with Gasteiger partial charge in [0.05, 0.1) is 12.3 Å². The summed E-state index contributed by atoms with van der Waals surface area (Å²) in [6.45, 7) is 4.46. The van der Waals surface area contributed by atoms with Crippen molar-refractivity contribution in [1.29, 1.82) is 0 Å². The Labute approximate surface area is 185 Å². The number of carbonyl (C=O) groups excluding carboxylic acids is 1. The van der Waals surface area contributed by atoms with Crippen molar-refractivity contribution in [1.82, 2.24) is 4.90 Å². The van der Waals surface area contributed by atoms with Crippen LogP contribution in [-0.4, -0.2) is 30.7 Å². The van der Waals surface area contributed by atoms with Crippen LogP contribution in [0.2, 0.25) is 0 Å². The number of piperidine rings is 1. The summed E-state index contributed by atoms with van der Waals surface area (Å²) in [5, 5.41) is 3.99. The highest BCUT2D eigenvalue weighted by atomic mass is 32.1. The van der Waals surface area contributed by atoms with E-state index in [1.807, 2.05) is 6.07 Å². The van der Waals surface area contributed by atoms with E-state index >= 15 is 0 Å². The topological polar surface area (TPSA) is 63.9 Å². The normalized spacial score (nSPS) is 16.9. The van der Waals surface area contributed by atoms with Crippen molar-refractivity contribution in [2.45, 2.75) is 38.6 Å². The van der Waals surface area contributed by atoms with Gasteiger partial charge in [-0.2, -0.15) is 0 Å². The highest BCUT2D eigenvalue weighted by molar-refractivity contribution is 7.16. The van der Waals surface area contributed by atoms with Gasteiger partial charge in [0.2, 0.25) is 6.79 Å². The minimum Gasteiger partial charge on any atom is -0.459 e. The van der Waals surface area contributed by atoms with Gasteiger partial charge in [0.15, 0.2) is 17.3 Å². The minimum absolute atomic E-state index is 0.0400. The second-order valence-electron chi connectivity index (χ2n) is 7.89. The first-order valence-electron chi connectivity index (χ1n) is 10.8. The van der Waals surface area contributed by atoms with Crippen molar-refractivity contribution in [2.75, 3.05) is 25.2 Å². The zero-order valence-electron chi connectivity index (χ0n) is 17.6. The Kier molecular flexibility index (Phi) is 5.70. The predicted octanol–water partition coefficient (Wildman–Crippen LogP) is 5.46. The average Bonchev–Trinajstić information content (AvgIpc) is 3.56. The molecule has 3 aromatic rings. The molecule has 2 aromatic heterocycles. The van der Waals surface area contributed by atoms with Gasteiger partial charge in [0.1, 0.15) is 5.00 Å². The van der Waals surface area contributed by atoms with Crippen LogP contribution in [0, 0.1) is 0 Å². The van der Waals surface area contributed by atoms with Crippen molar-refractivity contribution in [3.8, 4) is 11.5 Å². The van der Waals surface area contributed by atoms with E-state index < -0.39 is 0 Å². The zero-order valence-corrected chi connectivity index (χ0v) is 18.4. The molecule has 0 spiro atoms. The Morgan fingerprint density at radius 1 is 1.13 bits per heavy atom. The number of benzene rings is 1. The molecule has 0 unspecified atom stereocenters. The molecule has 7 heteroatoms. The third-order valence-electron chi connectivity index (χ3n) is 5.90. The molecule has 6 nitrogen and oxygen atoms in total. The number of hydrogen-bond donors (Lipinski definition) is 1. The van der Waals surface area contributed by atoms with Gasteiger partial charge in [-0.05, 0) is 68.2 Å². The van der Waals surface area contributed by atoms with Crippen LogP contribution in [0.25, 0.3) is 0 Å². The number of amides is 1. The number of carbonyl (C=O) groups is 1. The summed E-state index contributed by atoms with van der Waals surface area (Å²) in [5.74, 6) is 1.66. The maximum Gasteiger partial charge on any atom is 0.291 e. The van der Waals surface area contributed by atoms with Crippen molar-refractivity contribution >= 4 is 22.2 Å². The summed E-state index contributed by atoms with van der Waals surface area (Å²) >= 11 is 1.64. The van der Waals surface area contributed by atoms with E-state index in [0.29, 0.717) is 5.76 Å². The van der Waals surface area contributed by atoms with Crippen LogP contribution in [0.3, 0.4) is 0 Å². The third-order valence-corrected chi connectivity index (χ3v) is 7.11. The van der Waals surface area contributed by atoms with E-state index in [9.17, 15) is 4.79 Å². The second-order valence-corrected chi connectivity index (χ2v) is 9.03. The quantitative estimate of drug-likeness (QED) is 0.554. The molecule has 5 rings (SSSR count). The molecule has 1 amide bonds. The summed E-state index contributed by atoms with van der Waals surface area (Å²) in [7, 11) is 0. The van der Waals surface area contributed by atoms with Crippen molar-refractivity contribution < 1.29 is 18.7 Å². The molecule has 1 fully saturated rings. The van der Waals surface area contributed by atoms with Gasteiger partial charge in [-0.1, -0.05) is 19.4 Å². The fourth-order valence-corrected chi connectivity index (χ4v) is 5.38. The van der Waals surface area contributed by atoms with Crippen molar-refractivity contribution in [3.05, 3.63) is 64.4 Å². The van der Waals surface area contributed by atoms with Crippen LogP contribution in [0.4, 0.5) is 5.00 Å². The number of nitrogens with one attached hydrogen (secondary N) is 1. The molecular formula is C24H26N2O4S. The lowest BCUT2D eigenvalue weighted by Gasteiger charge is -2.35. The van der Waals surface area contributed by atoms with E-state index in [4.69, 9.17) is 13.9 Å². The Hall–Kier alpha value is -2.77. The summed E-state index contributed by atoms with van der Waals surface area (Å²) in [6.07, 6.45) is 6.06. The van der Waals surface area contributed by atoms with Crippen LogP contribution >= 0.6 is 11.3 Å². The Balaban J connectivity index is 1.55. The average molecular weight is 439 g/mol. The highest BCUT2D eigenvalue weighted by Gasteiger charge is 2.30. The van der Waals surface area contributed by atoms with Gasteiger partial charge in [-0.15, -0.1) is 11.3 Å². The lowest BCUT2D eigenvalue weighted by molar-refractivity contribution is 0.0996. The first-order chi connectivity index (χ1) is 15.2. The van der Waals surface area contributed by atoms with Crippen LogP contribution in [0.1, 0.15) is 58.8 Å². The standard InChI is InChI=1S/C24H26N2O4S/c1-2-17-14-18(24(31-17)25-23(27)20-7-6-12-28-20)22(26-10-4-3-5-11-26)16-8-9-19-21(13-16)30-15-29-19/h6-9,12-14,22H,2-5,10-11,15H2,1H3,(H,25,27)/t22-/m1/s1. The largest absolute Gasteiger partial charge is 0.459 e. The number of aryl methyl sites for hydroxylation is 1. The number of anilines is 1. The molecule has 1 aromatic carbocycles. The summed E-state index contributed by atoms with van der Waals surface area (Å²) in [6, 6.07) is 11.9. The van der Waals surface area contributed by atoms with Gasteiger partial charge in [-0.3, -0.25) is 9.69 Å². The summed E-state index contributed by atoms with van der Waals surface area (Å²) < 4.78 is 16.5. The van der Waals surface area contributed by atoms with E-state index in [1.165, 1.54) is 30.4 Å². The molecule has 31 heavy (non-hydrogen) atoms. The number of thiophene rings is 1. The lowest BCUT2D eigenvalue weighted by Crippen LogP contribution is -2.34. The molecule has 2 aliphatic rings. The van der Waals surface area contributed by atoms with E-state index in [-0.39, 0.29) is 18.7 Å². The van der Waals surface area contributed by atoms with Gasteiger partial charge in [0, 0.05) is 10.4 Å². The Morgan fingerprint density at radius 2 is 1.97 bits per heavy atom. The smallest absolute Gasteiger partial charge is 0.291 e. The molecule has 1 atom stereocenters. The molecule has 0 saturated carbocycles. The number of likely N-dealkylation sites (tertiary alicyclic amines) is 1. The Bertz CT molecular complexity index is 1050. The number of nitrogens with zero attached hydrogens (tertiary/aromatic N) is 1. The number of fused-ring (bicyclic) bond motifs is 1. The molecule has 162 valence electrons. The van der Waals surface area contributed by atoms with E-state index in [2.05, 4.69) is 35.3 Å². The monoisotopic (exact) mass is 438 g/mol. The lowest BCUT2D eigenvalue weighted by atomic mass is 9.95. The summed E-state index contributed by atoms with van der Waals surface area (Å²) in [5.41, 5.74) is 2.28. The van der Waals surface area contributed by atoms with E-state index in [0.717, 1.165) is 47.1 Å².